The van der Waals surface area contributed by atoms with Gasteiger partial charge < -0.3 is 14.8 Å². The van der Waals surface area contributed by atoms with E-state index in [-0.39, 0.29) is 24.9 Å². The summed E-state index contributed by atoms with van der Waals surface area (Å²) in [5.41, 5.74) is 2.59. The highest BCUT2D eigenvalue weighted by Crippen LogP contribution is 2.26. The maximum atomic E-state index is 12.3. The minimum absolute atomic E-state index is 0.148. The third-order valence-corrected chi connectivity index (χ3v) is 6.16. The van der Waals surface area contributed by atoms with E-state index in [2.05, 4.69) is 5.32 Å². The summed E-state index contributed by atoms with van der Waals surface area (Å²) in [4.78, 5) is 12.3. The highest BCUT2D eigenvalue weighted by atomic mass is 32.2. The first-order chi connectivity index (χ1) is 14.6. The van der Waals surface area contributed by atoms with Crippen LogP contribution >= 0.6 is 0 Å². The van der Waals surface area contributed by atoms with Gasteiger partial charge in [-0.2, -0.15) is 0 Å². The molecule has 7 nitrogen and oxygen atoms in total. The summed E-state index contributed by atoms with van der Waals surface area (Å²) in [7, 11) is -1.88. The van der Waals surface area contributed by atoms with E-state index in [9.17, 15) is 13.2 Å². The molecule has 2 aromatic carbocycles. The molecule has 0 aromatic heterocycles. The van der Waals surface area contributed by atoms with E-state index < -0.39 is 10.0 Å². The molecule has 0 aliphatic heterocycles. The smallest absolute Gasteiger partial charge is 0.232 e. The molecule has 8 heteroatoms. The number of aryl methyl sites for hydroxylation is 1. The Hall–Kier alpha value is -2.74. The lowest BCUT2D eigenvalue weighted by Crippen LogP contribution is -2.37. The Bertz CT molecular complexity index is 991. The number of amides is 1. The number of anilines is 1. The molecule has 0 spiro atoms. The van der Waals surface area contributed by atoms with Gasteiger partial charge in [0.2, 0.25) is 15.9 Å². The fraction of sp³-hybridized carbons (Fsp3) is 0.435. The summed E-state index contributed by atoms with van der Waals surface area (Å²) in [6.07, 6.45) is 1.81. The molecule has 0 saturated heterocycles. The first-order valence-corrected chi connectivity index (χ1v) is 12.1. The lowest BCUT2D eigenvalue weighted by molar-refractivity contribution is -0.121. The number of para-hydroxylation sites is 2. The normalized spacial score (nSPS) is 12.2. The van der Waals surface area contributed by atoms with E-state index in [1.54, 1.807) is 19.2 Å². The monoisotopic (exact) mass is 448 g/mol. The van der Waals surface area contributed by atoms with Crippen LogP contribution in [0.2, 0.25) is 0 Å². The predicted molar refractivity (Wildman–Crippen MR) is 123 cm³/mol. The number of rotatable bonds is 11. The molecule has 2 aromatic rings. The number of nitrogens with zero attached hydrogens (tertiary/aromatic N) is 1. The van der Waals surface area contributed by atoms with Gasteiger partial charge in [0.25, 0.3) is 0 Å². The summed E-state index contributed by atoms with van der Waals surface area (Å²) < 4.78 is 37.0. The molecule has 2 rings (SSSR count). The van der Waals surface area contributed by atoms with Crippen LogP contribution < -0.4 is 19.1 Å². The molecule has 0 aliphatic rings. The largest absolute Gasteiger partial charge is 0.493 e. The van der Waals surface area contributed by atoms with E-state index in [1.807, 2.05) is 51.1 Å². The second-order valence-corrected chi connectivity index (χ2v) is 9.49. The lowest BCUT2D eigenvalue weighted by Gasteiger charge is -2.25. The van der Waals surface area contributed by atoms with E-state index in [1.165, 1.54) is 10.6 Å². The summed E-state index contributed by atoms with van der Waals surface area (Å²) in [5.74, 6) is 1.10. The number of nitrogens with one attached hydrogen (secondary N) is 1. The van der Waals surface area contributed by atoms with Crippen molar-refractivity contribution in [1.29, 1.82) is 0 Å². The van der Waals surface area contributed by atoms with Gasteiger partial charge in [0.05, 0.1) is 25.1 Å². The second kappa shape index (κ2) is 11.0. The van der Waals surface area contributed by atoms with Gasteiger partial charge in [0.1, 0.15) is 6.61 Å². The summed E-state index contributed by atoms with van der Waals surface area (Å²) >= 11 is 0. The number of hydrogen-bond donors (Lipinski definition) is 1. The van der Waals surface area contributed by atoms with Crippen LogP contribution in [0.25, 0.3) is 0 Å². The first kappa shape index (κ1) is 24.5. The van der Waals surface area contributed by atoms with Gasteiger partial charge in [-0.05, 0) is 56.5 Å². The van der Waals surface area contributed by atoms with Crippen LogP contribution in [-0.4, -0.2) is 46.9 Å². The van der Waals surface area contributed by atoms with Crippen LogP contribution in [0.15, 0.2) is 42.5 Å². The van der Waals surface area contributed by atoms with Crippen molar-refractivity contribution in [3.05, 3.63) is 53.6 Å². The first-order valence-electron chi connectivity index (χ1n) is 10.2. The Morgan fingerprint density at radius 2 is 1.77 bits per heavy atom. The summed E-state index contributed by atoms with van der Waals surface area (Å²) in [6.45, 7) is 6.24. The Kier molecular flexibility index (Phi) is 8.74. The molecule has 0 radical (unpaired) electrons. The molecule has 0 heterocycles. The molecule has 0 bridgehead atoms. The van der Waals surface area contributed by atoms with Gasteiger partial charge in [-0.25, -0.2) is 8.42 Å². The maximum Gasteiger partial charge on any atom is 0.232 e. The van der Waals surface area contributed by atoms with Crippen LogP contribution in [0.5, 0.6) is 11.5 Å². The van der Waals surface area contributed by atoms with Gasteiger partial charge in [0.15, 0.2) is 11.5 Å². The van der Waals surface area contributed by atoms with Crippen molar-refractivity contribution in [3.63, 3.8) is 0 Å². The molecule has 1 atom stereocenters. The highest BCUT2D eigenvalue weighted by Gasteiger charge is 2.20. The third-order valence-electron chi connectivity index (χ3n) is 4.98. The third kappa shape index (κ3) is 7.17. The molecule has 31 heavy (non-hydrogen) atoms. The van der Waals surface area contributed by atoms with E-state index >= 15 is 0 Å². The molecule has 1 unspecified atom stereocenters. The number of methoxy groups -OCH3 is 1. The fourth-order valence-corrected chi connectivity index (χ4v) is 4.21. The zero-order chi connectivity index (χ0) is 23.0. The van der Waals surface area contributed by atoms with Crippen molar-refractivity contribution in [2.45, 2.75) is 39.7 Å². The van der Waals surface area contributed by atoms with Crippen LogP contribution in [0, 0.1) is 13.8 Å². The van der Waals surface area contributed by atoms with Gasteiger partial charge >= 0.3 is 0 Å². The van der Waals surface area contributed by atoms with Crippen molar-refractivity contribution >= 4 is 21.6 Å². The van der Waals surface area contributed by atoms with E-state index in [0.29, 0.717) is 30.2 Å². The van der Waals surface area contributed by atoms with Crippen molar-refractivity contribution in [2.75, 3.05) is 30.8 Å². The average molecular weight is 449 g/mol. The number of sulfonamides is 1. The SMILES string of the molecule is COc1ccccc1OCC(C)NC(=O)CCCN(c1cccc(C)c1C)S(C)(=O)=O. The predicted octanol–water partition coefficient (Wildman–Crippen LogP) is 3.44. The van der Waals surface area contributed by atoms with Gasteiger partial charge in [-0.15, -0.1) is 0 Å². The van der Waals surface area contributed by atoms with Gasteiger partial charge in [-0.3, -0.25) is 9.10 Å². The lowest BCUT2D eigenvalue weighted by atomic mass is 10.1. The highest BCUT2D eigenvalue weighted by molar-refractivity contribution is 7.92. The number of carbonyl (C=O) groups excluding carboxylic acids is 1. The van der Waals surface area contributed by atoms with Crippen molar-refractivity contribution in [1.82, 2.24) is 5.32 Å². The Balaban J connectivity index is 1.87. The quantitative estimate of drug-likeness (QED) is 0.569. The topological polar surface area (TPSA) is 84.9 Å². The van der Waals surface area contributed by atoms with Crippen LogP contribution in [-0.2, 0) is 14.8 Å². The van der Waals surface area contributed by atoms with Gasteiger partial charge in [0, 0.05) is 13.0 Å². The maximum absolute atomic E-state index is 12.3. The fourth-order valence-electron chi connectivity index (χ4n) is 3.20. The molecule has 0 saturated carbocycles. The Labute approximate surface area is 185 Å². The van der Waals surface area contributed by atoms with Crippen molar-refractivity contribution in [2.24, 2.45) is 0 Å². The average Bonchev–Trinajstić information content (AvgIpc) is 2.71. The standard InChI is InChI=1S/C23H32N2O5S/c1-17-10-8-11-20(19(17)3)25(31(5,27)28)15-9-14-23(26)24-18(2)16-30-22-13-7-6-12-21(22)29-4/h6-8,10-13,18H,9,14-16H2,1-5H3,(H,24,26). The van der Waals surface area contributed by atoms with Crippen molar-refractivity contribution < 1.29 is 22.7 Å². The number of hydrogen-bond acceptors (Lipinski definition) is 5. The zero-order valence-corrected chi connectivity index (χ0v) is 19.7. The summed E-state index contributed by atoms with van der Waals surface area (Å²) in [6, 6.07) is 12.7. The van der Waals surface area contributed by atoms with Crippen LogP contribution in [0.1, 0.15) is 30.9 Å². The molecule has 1 amide bonds. The molecular formula is C23H32N2O5S. The molecule has 170 valence electrons. The molecule has 0 fully saturated rings. The van der Waals surface area contributed by atoms with Gasteiger partial charge in [-0.1, -0.05) is 24.3 Å². The number of carbonyl (C=O) groups is 1. The zero-order valence-electron chi connectivity index (χ0n) is 18.8. The minimum atomic E-state index is -3.45. The second-order valence-electron chi connectivity index (χ2n) is 7.59. The molecule has 0 aliphatic carbocycles. The summed E-state index contributed by atoms with van der Waals surface area (Å²) in [5, 5.41) is 2.89. The Morgan fingerprint density at radius 3 is 2.42 bits per heavy atom. The van der Waals surface area contributed by atoms with E-state index in [0.717, 1.165) is 11.1 Å². The molecule has 1 N–H and O–H groups in total. The van der Waals surface area contributed by atoms with Crippen molar-refractivity contribution in [3.8, 4) is 11.5 Å². The van der Waals surface area contributed by atoms with Crippen LogP contribution in [0.4, 0.5) is 5.69 Å². The molecular weight excluding hydrogens is 416 g/mol. The number of ether oxygens (including phenoxy) is 2. The minimum Gasteiger partial charge on any atom is -0.493 e. The van der Waals surface area contributed by atoms with Crippen LogP contribution in [0.3, 0.4) is 0 Å². The number of benzene rings is 2. The Morgan fingerprint density at radius 1 is 1.10 bits per heavy atom. The van der Waals surface area contributed by atoms with E-state index in [4.69, 9.17) is 9.47 Å².